The van der Waals surface area contributed by atoms with Gasteiger partial charge in [-0.3, -0.25) is 19.3 Å². The quantitative estimate of drug-likeness (QED) is 0.134. The monoisotopic (exact) mass is 1800 g/mol. The van der Waals surface area contributed by atoms with Crippen molar-refractivity contribution in [3.63, 3.8) is 0 Å². The van der Waals surface area contributed by atoms with Gasteiger partial charge in [0.2, 0.25) is 0 Å². The van der Waals surface area contributed by atoms with Crippen molar-refractivity contribution in [2.45, 2.75) is 49.9 Å². The summed E-state index contributed by atoms with van der Waals surface area (Å²) in [6, 6.07) is 133. The van der Waals surface area contributed by atoms with E-state index >= 15 is 0 Å². The summed E-state index contributed by atoms with van der Waals surface area (Å²) in [7, 11) is 3.27. The number of hydrogen-bond donors (Lipinski definition) is 0. The number of halogens is 5. The van der Waals surface area contributed by atoms with E-state index in [0.29, 0.717) is 68.7 Å². The number of ether oxygens (including phenoxy) is 3. The first-order valence-electron chi connectivity index (χ1n) is 42.8. The van der Waals surface area contributed by atoms with E-state index in [1.807, 2.05) is 246 Å². The molecule has 16 heteroatoms. The van der Waals surface area contributed by atoms with E-state index in [-0.39, 0.29) is 41.4 Å². The van der Waals surface area contributed by atoms with Crippen molar-refractivity contribution in [1.29, 1.82) is 0 Å². The number of fused-ring (bicyclic) bond motifs is 9. The zero-order valence-electron chi connectivity index (χ0n) is 70.9. The zero-order valence-corrected chi connectivity index (χ0v) is 74.6. The molecule has 0 aliphatic carbocycles. The average molecular weight is 1800 g/mol. The highest BCUT2D eigenvalue weighted by molar-refractivity contribution is 6.33. The van der Waals surface area contributed by atoms with Crippen molar-refractivity contribution in [2.24, 2.45) is 0 Å². The van der Waals surface area contributed by atoms with Crippen molar-refractivity contribution >= 4 is 115 Å². The first-order chi connectivity index (χ1) is 63.7. The third-order valence-corrected chi connectivity index (χ3v) is 25.9. The molecule has 17 aromatic carbocycles. The lowest BCUT2D eigenvalue weighted by molar-refractivity contribution is 0.0977. The van der Waals surface area contributed by atoms with Crippen LogP contribution in [0.5, 0.6) is 17.2 Å². The molecule has 130 heavy (non-hydrogen) atoms. The molecule has 4 unspecified atom stereocenters. The first kappa shape index (κ1) is 86.5. The summed E-state index contributed by atoms with van der Waals surface area (Å²) in [6.45, 7) is 1.81. The molecule has 0 bridgehead atoms. The molecule has 17 aromatic rings. The van der Waals surface area contributed by atoms with Crippen LogP contribution in [0.1, 0.15) is 144 Å². The van der Waals surface area contributed by atoms with Crippen LogP contribution in [0.3, 0.4) is 0 Å². The molecule has 0 spiro atoms. The van der Waals surface area contributed by atoms with Crippen LogP contribution in [0, 0.1) is 0 Å². The van der Waals surface area contributed by atoms with Gasteiger partial charge in [-0.05, 0) is 228 Å². The lowest BCUT2D eigenvalue weighted by Gasteiger charge is -2.25. The molecule has 0 fully saturated rings. The molecular formula is C114H85Cl5N4O7. The van der Waals surface area contributed by atoms with Gasteiger partial charge in [0.15, 0.2) is 0 Å². The fourth-order valence-corrected chi connectivity index (χ4v) is 19.4. The smallest absolute Gasteiger partial charge is 0.420 e. The topological polar surface area (TPSA) is 109 Å². The van der Waals surface area contributed by atoms with Crippen molar-refractivity contribution in [3.8, 4) is 17.2 Å². The molecule has 4 aliphatic heterocycles. The highest BCUT2D eigenvalue weighted by Crippen LogP contribution is 2.52. The molecule has 0 saturated heterocycles. The van der Waals surface area contributed by atoms with Gasteiger partial charge < -0.3 is 28.9 Å². The fourth-order valence-electron chi connectivity index (χ4n) is 18.3. The number of para-hydroxylation sites is 4. The Hall–Kier alpha value is -14.3. The maximum atomic E-state index is 13.9. The summed E-state index contributed by atoms with van der Waals surface area (Å²) < 4.78 is 16.8. The number of benzene rings is 17. The minimum absolute atomic E-state index is 0.0247. The zero-order chi connectivity index (χ0) is 89.3. The number of hydrogen-bond acceptors (Lipinski definition) is 7. The largest absolute Gasteiger partial charge is 0.497 e. The van der Waals surface area contributed by atoms with E-state index in [2.05, 4.69) is 127 Å². The van der Waals surface area contributed by atoms with E-state index in [0.717, 1.165) is 122 Å². The van der Waals surface area contributed by atoms with Crippen LogP contribution in [0.25, 0.3) is 10.8 Å². The summed E-state index contributed by atoms with van der Waals surface area (Å²) in [4.78, 5) is 62.0. The number of nitrogens with zero attached hydrogens (tertiary/aromatic N) is 4. The number of carbonyl (C=O) groups is 4. The number of rotatable bonds is 10. The lowest BCUT2D eigenvalue weighted by atomic mass is 9.82. The SMILES string of the molecule is COc1ccc(C(=O)N2Cc3ccccc3C(c3ccccc3Cl)c3ccccc32)cc1.COc1cccc2c1C(c1ccccc1Cl)c1cc(Cl)ccc1N(C(=O)c1ccc(Cl)cc1)C2.O=C(Oc1ccccc1)N1Cc2ccccc2C(c2ccccc2Cl)c2ccccc21.O=C(c1ccc2ccccc2c1)N1Cc2ccccc2C(c2ccccc2)c2ccccc21. The van der Waals surface area contributed by atoms with Crippen LogP contribution in [0.2, 0.25) is 25.1 Å². The van der Waals surface area contributed by atoms with Crippen LogP contribution < -0.4 is 33.8 Å². The molecule has 21 rings (SSSR count). The van der Waals surface area contributed by atoms with Gasteiger partial charge in [-0.1, -0.05) is 331 Å². The van der Waals surface area contributed by atoms with Crippen molar-refractivity contribution in [1.82, 2.24) is 0 Å². The Balaban J connectivity index is 0.000000117. The molecule has 4 heterocycles. The van der Waals surface area contributed by atoms with E-state index in [1.165, 1.54) is 16.7 Å². The second-order valence-corrected chi connectivity index (χ2v) is 34.0. The van der Waals surface area contributed by atoms with Crippen LogP contribution >= 0.6 is 58.0 Å². The molecule has 4 atom stereocenters. The van der Waals surface area contributed by atoms with Gasteiger partial charge in [0.1, 0.15) is 17.2 Å². The highest BCUT2D eigenvalue weighted by Gasteiger charge is 2.39. The van der Waals surface area contributed by atoms with Gasteiger partial charge in [0.25, 0.3) is 17.7 Å². The van der Waals surface area contributed by atoms with Crippen molar-refractivity contribution in [3.05, 3.63) is 537 Å². The van der Waals surface area contributed by atoms with Crippen LogP contribution in [-0.4, -0.2) is 38.0 Å². The van der Waals surface area contributed by atoms with Gasteiger partial charge in [-0.15, -0.1) is 0 Å². The fraction of sp³-hybridized carbons (Fsp3) is 0.0877. The van der Waals surface area contributed by atoms with E-state index in [9.17, 15) is 19.2 Å². The Kier molecular flexibility index (Phi) is 26.0. The van der Waals surface area contributed by atoms with E-state index in [4.69, 9.17) is 72.2 Å². The Labute approximate surface area is 781 Å². The first-order valence-corrected chi connectivity index (χ1v) is 44.7. The Bertz CT molecular complexity index is 7060. The number of methoxy groups -OCH3 is 2. The summed E-state index contributed by atoms with van der Waals surface area (Å²) >= 11 is 32.6. The van der Waals surface area contributed by atoms with Crippen LogP contribution in [0.15, 0.2) is 406 Å². The predicted octanol–water partition coefficient (Wildman–Crippen LogP) is 28.9. The molecule has 638 valence electrons. The molecule has 11 nitrogen and oxygen atoms in total. The summed E-state index contributed by atoms with van der Waals surface area (Å²) in [5.74, 6) is 1.46. The van der Waals surface area contributed by atoms with E-state index in [1.54, 1.807) is 66.5 Å². The summed E-state index contributed by atoms with van der Waals surface area (Å²) in [6.07, 6.45) is -0.409. The normalized spacial score (nSPS) is 14.8. The number of anilines is 4. The maximum absolute atomic E-state index is 13.9. The molecule has 0 N–H and O–H groups in total. The van der Waals surface area contributed by atoms with Crippen molar-refractivity contribution < 1.29 is 33.4 Å². The third-order valence-electron chi connectivity index (χ3n) is 24.4. The number of carbonyl (C=O) groups excluding carboxylic acids is 4. The van der Waals surface area contributed by atoms with Crippen LogP contribution in [0.4, 0.5) is 27.5 Å². The standard InChI is InChI=1S/C31H23NO.C28H20Cl3NO2.C28H22ClNO2.C27H20ClNO2/c33-31(25-19-18-22-10-4-5-13-24(22)20-25)32-21-26-14-6-7-15-27(26)30(23-11-2-1-3-12-23)28-16-8-9-17-29(28)32;1-34-25-8-4-5-18-16-32(28(33)17-9-11-19(29)12-10-17)24-14-13-20(30)15-22(24)27(26(18)25)21-6-2-3-7-23(21)31;1-32-21-16-14-19(15-17-21)28(31)30-18-20-8-2-3-9-22(20)27(23-10-4-6-12-25(23)29)24-11-5-7-13-26(24)30;28-24-16-8-6-14-22(24)26-21-13-5-4-10-19(21)18-29(25-17-9-7-15-23(25)26)27(30)31-20-11-2-1-3-12-20/h1-20,30H,21H2;2-15,27H,16H2,1H3;2-17,27H,18H2,1H3;1-17,26H,18H2. The molecule has 0 aromatic heterocycles. The summed E-state index contributed by atoms with van der Waals surface area (Å²) in [5.41, 5.74) is 22.5. The van der Waals surface area contributed by atoms with Gasteiger partial charge in [-0.2, -0.15) is 0 Å². The average Bonchev–Trinajstić information content (AvgIpc) is 1.68. The summed E-state index contributed by atoms with van der Waals surface area (Å²) in [5, 5.41) is 5.43. The highest BCUT2D eigenvalue weighted by atomic mass is 35.5. The second kappa shape index (κ2) is 39.1. The Morgan fingerprint density at radius 2 is 0.631 bits per heavy atom. The Morgan fingerprint density at radius 1 is 0.262 bits per heavy atom. The maximum Gasteiger partial charge on any atom is 0.420 e. The number of amides is 4. The third kappa shape index (κ3) is 18.0. The van der Waals surface area contributed by atoms with Crippen LogP contribution in [-0.2, 0) is 26.2 Å². The molecule has 4 aliphatic rings. The lowest BCUT2D eigenvalue weighted by Crippen LogP contribution is -2.33. The molecule has 0 radical (unpaired) electrons. The molecular weight excluding hydrogens is 1710 g/mol. The Morgan fingerprint density at radius 3 is 1.14 bits per heavy atom. The predicted molar refractivity (Wildman–Crippen MR) is 526 cm³/mol. The minimum Gasteiger partial charge on any atom is -0.497 e. The second-order valence-electron chi connectivity index (χ2n) is 32.0. The molecule has 4 amide bonds. The molecule has 0 saturated carbocycles. The van der Waals surface area contributed by atoms with Gasteiger partial charge >= 0.3 is 6.09 Å². The van der Waals surface area contributed by atoms with Gasteiger partial charge in [0, 0.05) is 88.1 Å². The van der Waals surface area contributed by atoms with E-state index < -0.39 is 6.09 Å². The van der Waals surface area contributed by atoms with Gasteiger partial charge in [0.05, 0.1) is 46.1 Å². The minimum atomic E-state index is -0.409. The van der Waals surface area contributed by atoms with Crippen molar-refractivity contribution in [2.75, 3.05) is 33.8 Å². The van der Waals surface area contributed by atoms with Gasteiger partial charge in [-0.25, -0.2) is 4.79 Å².